The lowest BCUT2D eigenvalue weighted by Crippen LogP contribution is -2.39. The van der Waals surface area contributed by atoms with Gasteiger partial charge in [-0.2, -0.15) is 11.8 Å². The Hall–Kier alpha value is -3.20. The van der Waals surface area contributed by atoms with E-state index in [0.717, 1.165) is 23.2 Å². The fraction of sp³-hybridized carbons (Fsp3) is 0.375. The SMILES string of the molecule is CCOc1ccc(C(=O)NCC(=O)NC(CCSC)c2nc3ccccc3[nH]2)cc1OCC. The molecule has 0 aliphatic heterocycles. The zero-order valence-electron chi connectivity index (χ0n) is 19.1. The number of carbonyl (C=O) groups is 2. The van der Waals surface area contributed by atoms with E-state index in [2.05, 4.69) is 20.6 Å². The fourth-order valence-corrected chi connectivity index (χ4v) is 3.82. The number of hydrogen-bond donors (Lipinski definition) is 3. The van der Waals surface area contributed by atoms with E-state index in [9.17, 15) is 9.59 Å². The average Bonchev–Trinajstić information content (AvgIpc) is 3.26. The topological polar surface area (TPSA) is 105 Å². The number of imidazole rings is 1. The van der Waals surface area contributed by atoms with Gasteiger partial charge < -0.3 is 25.1 Å². The Morgan fingerprint density at radius 2 is 1.85 bits per heavy atom. The number of nitrogens with one attached hydrogen (secondary N) is 3. The van der Waals surface area contributed by atoms with E-state index >= 15 is 0 Å². The summed E-state index contributed by atoms with van der Waals surface area (Å²) >= 11 is 1.70. The van der Waals surface area contributed by atoms with Crippen LogP contribution in [0.5, 0.6) is 11.5 Å². The molecular formula is C24H30N4O4S. The number of benzene rings is 2. The van der Waals surface area contributed by atoms with Gasteiger partial charge in [0.15, 0.2) is 11.5 Å². The lowest BCUT2D eigenvalue weighted by Gasteiger charge is -2.17. The third-order valence-electron chi connectivity index (χ3n) is 4.90. The van der Waals surface area contributed by atoms with Crippen LogP contribution in [-0.4, -0.2) is 53.5 Å². The van der Waals surface area contributed by atoms with Crippen LogP contribution >= 0.6 is 11.8 Å². The Balaban J connectivity index is 1.63. The summed E-state index contributed by atoms with van der Waals surface area (Å²) in [5.74, 6) is 2.00. The summed E-state index contributed by atoms with van der Waals surface area (Å²) in [6.45, 7) is 4.54. The largest absolute Gasteiger partial charge is 0.490 e. The Kier molecular flexibility index (Phi) is 9.00. The van der Waals surface area contributed by atoms with Crippen LogP contribution in [0.1, 0.15) is 42.5 Å². The molecule has 0 aliphatic rings. The molecule has 2 aromatic carbocycles. The third kappa shape index (κ3) is 6.64. The molecular weight excluding hydrogens is 440 g/mol. The molecule has 0 saturated heterocycles. The van der Waals surface area contributed by atoms with Crippen LogP contribution < -0.4 is 20.1 Å². The maximum atomic E-state index is 12.6. The van der Waals surface area contributed by atoms with Gasteiger partial charge in [-0.3, -0.25) is 9.59 Å². The molecule has 0 bridgehead atoms. The summed E-state index contributed by atoms with van der Waals surface area (Å²) in [4.78, 5) is 33.1. The van der Waals surface area contributed by atoms with Crippen LogP contribution in [0.3, 0.4) is 0 Å². The number of para-hydroxylation sites is 2. The molecule has 1 aromatic heterocycles. The molecule has 1 unspecified atom stereocenters. The van der Waals surface area contributed by atoms with Crippen molar-refractivity contribution in [3.05, 3.63) is 53.9 Å². The van der Waals surface area contributed by atoms with Gasteiger partial charge in [0, 0.05) is 5.56 Å². The minimum Gasteiger partial charge on any atom is -0.490 e. The molecule has 8 nitrogen and oxygen atoms in total. The maximum Gasteiger partial charge on any atom is 0.251 e. The molecule has 0 radical (unpaired) electrons. The summed E-state index contributed by atoms with van der Waals surface area (Å²) in [5.41, 5.74) is 2.17. The zero-order chi connectivity index (χ0) is 23.6. The zero-order valence-corrected chi connectivity index (χ0v) is 20.0. The molecule has 2 amide bonds. The molecule has 176 valence electrons. The number of carbonyl (C=O) groups excluding carboxylic acids is 2. The third-order valence-corrected chi connectivity index (χ3v) is 5.54. The van der Waals surface area contributed by atoms with Crippen molar-refractivity contribution < 1.29 is 19.1 Å². The van der Waals surface area contributed by atoms with Crippen LogP contribution in [0.4, 0.5) is 0 Å². The minimum absolute atomic E-state index is 0.147. The van der Waals surface area contributed by atoms with Crippen molar-refractivity contribution in [2.75, 3.05) is 31.8 Å². The van der Waals surface area contributed by atoms with Gasteiger partial charge in [-0.25, -0.2) is 4.98 Å². The van der Waals surface area contributed by atoms with Crippen molar-refractivity contribution in [3.63, 3.8) is 0 Å². The van der Waals surface area contributed by atoms with Gasteiger partial charge in [0.25, 0.3) is 5.91 Å². The lowest BCUT2D eigenvalue weighted by atomic mass is 10.2. The van der Waals surface area contributed by atoms with Crippen LogP contribution in [0.2, 0.25) is 0 Å². The molecule has 9 heteroatoms. The van der Waals surface area contributed by atoms with Crippen molar-refractivity contribution in [1.29, 1.82) is 0 Å². The number of amides is 2. The van der Waals surface area contributed by atoms with Gasteiger partial charge in [-0.1, -0.05) is 12.1 Å². The summed E-state index contributed by atoms with van der Waals surface area (Å²) < 4.78 is 11.1. The highest BCUT2D eigenvalue weighted by atomic mass is 32.2. The monoisotopic (exact) mass is 470 g/mol. The van der Waals surface area contributed by atoms with Crippen molar-refractivity contribution in [2.24, 2.45) is 0 Å². The Bertz CT molecular complexity index is 1050. The molecule has 1 heterocycles. The smallest absolute Gasteiger partial charge is 0.251 e. The highest BCUT2D eigenvalue weighted by Crippen LogP contribution is 2.28. The second kappa shape index (κ2) is 12.2. The van der Waals surface area contributed by atoms with E-state index in [4.69, 9.17) is 9.47 Å². The number of aromatic amines is 1. The van der Waals surface area contributed by atoms with E-state index in [1.165, 1.54) is 0 Å². The number of nitrogens with zero attached hydrogens (tertiary/aromatic N) is 1. The van der Waals surface area contributed by atoms with Gasteiger partial charge in [0.1, 0.15) is 5.82 Å². The average molecular weight is 471 g/mol. The first kappa shape index (κ1) is 24.4. The first-order chi connectivity index (χ1) is 16.0. The number of thioether (sulfide) groups is 1. The molecule has 1 atom stereocenters. The lowest BCUT2D eigenvalue weighted by molar-refractivity contribution is -0.120. The molecule has 0 saturated carbocycles. The standard InChI is InChI=1S/C24H30N4O4S/c1-4-31-20-11-10-16(14-21(20)32-5-2)24(30)25-15-22(29)26-19(12-13-33-3)23-27-17-8-6-7-9-18(17)28-23/h6-11,14,19H,4-5,12-13,15H2,1-3H3,(H,25,30)(H,26,29)(H,27,28). The number of aromatic nitrogens is 2. The minimum atomic E-state index is -0.362. The fourth-order valence-electron chi connectivity index (χ4n) is 3.35. The van der Waals surface area contributed by atoms with E-state index in [1.54, 1.807) is 30.0 Å². The maximum absolute atomic E-state index is 12.6. The molecule has 0 spiro atoms. The number of rotatable bonds is 12. The number of hydrogen-bond acceptors (Lipinski definition) is 6. The first-order valence-corrected chi connectivity index (χ1v) is 12.4. The van der Waals surface area contributed by atoms with Crippen molar-refractivity contribution in [3.8, 4) is 11.5 Å². The Labute approximate surface area is 197 Å². The first-order valence-electron chi connectivity index (χ1n) is 11.0. The molecule has 3 N–H and O–H groups in total. The van der Waals surface area contributed by atoms with Crippen LogP contribution in [0.15, 0.2) is 42.5 Å². The van der Waals surface area contributed by atoms with Crippen molar-refractivity contribution >= 4 is 34.6 Å². The molecule has 0 aliphatic carbocycles. The van der Waals surface area contributed by atoms with Gasteiger partial charge in [0.05, 0.1) is 36.8 Å². The van der Waals surface area contributed by atoms with Crippen molar-refractivity contribution in [2.45, 2.75) is 26.3 Å². The quantitative estimate of drug-likeness (QED) is 0.373. The highest BCUT2D eigenvalue weighted by Gasteiger charge is 2.19. The van der Waals surface area contributed by atoms with Gasteiger partial charge in [-0.05, 0) is 62.6 Å². The Morgan fingerprint density at radius 3 is 2.58 bits per heavy atom. The number of H-pyrrole nitrogens is 1. The molecule has 3 rings (SSSR count). The van der Waals surface area contributed by atoms with Crippen LogP contribution in [0, 0.1) is 0 Å². The predicted octanol–water partition coefficient (Wildman–Crippen LogP) is 3.70. The number of ether oxygens (including phenoxy) is 2. The van der Waals surface area contributed by atoms with Crippen molar-refractivity contribution in [1.82, 2.24) is 20.6 Å². The van der Waals surface area contributed by atoms with Crippen LogP contribution in [-0.2, 0) is 4.79 Å². The molecule has 3 aromatic rings. The van der Waals surface area contributed by atoms with E-state index in [0.29, 0.717) is 36.1 Å². The predicted molar refractivity (Wildman–Crippen MR) is 131 cm³/mol. The second-order valence-corrected chi connectivity index (χ2v) is 8.24. The normalized spacial score (nSPS) is 11.7. The van der Waals surface area contributed by atoms with Gasteiger partial charge in [-0.15, -0.1) is 0 Å². The van der Waals surface area contributed by atoms with Gasteiger partial charge in [0.2, 0.25) is 5.91 Å². The molecule has 0 fully saturated rings. The van der Waals surface area contributed by atoms with E-state index in [-0.39, 0.29) is 24.4 Å². The second-order valence-electron chi connectivity index (χ2n) is 7.25. The van der Waals surface area contributed by atoms with Crippen LogP contribution in [0.25, 0.3) is 11.0 Å². The summed E-state index contributed by atoms with van der Waals surface area (Å²) in [6.07, 6.45) is 2.74. The highest BCUT2D eigenvalue weighted by molar-refractivity contribution is 7.98. The summed E-state index contributed by atoms with van der Waals surface area (Å²) in [5, 5.41) is 5.66. The summed E-state index contributed by atoms with van der Waals surface area (Å²) in [7, 11) is 0. The van der Waals surface area contributed by atoms with Gasteiger partial charge >= 0.3 is 0 Å². The summed E-state index contributed by atoms with van der Waals surface area (Å²) in [6, 6.07) is 12.4. The van der Waals surface area contributed by atoms with E-state index in [1.807, 2.05) is 44.4 Å². The Morgan fingerprint density at radius 1 is 1.09 bits per heavy atom. The van der Waals surface area contributed by atoms with E-state index < -0.39 is 0 Å². The number of fused-ring (bicyclic) bond motifs is 1. The molecule has 33 heavy (non-hydrogen) atoms.